The van der Waals surface area contributed by atoms with E-state index in [0.717, 1.165) is 27.5 Å². The van der Waals surface area contributed by atoms with Crippen LogP contribution >= 0.6 is 0 Å². The Labute approximate surface area is 115 Å². The van der Waals surface area contributed by atoms with Gasteiger partial charge in [-0.1, -0.05) is 6.07 Å². The van der Waals surface area contributed by atoms with Crippen molar-refractivity contribution in [2.24, 2.45) is 0 Å². The van der Waals surface area contributed by atoms with E-state index in [1.165, 1.54) is 6.07 Å². The smallest absolute Gasteiger partial charge is 0.270 e. The highest BCUT2D eigenvalue weighted by atomic mass is 16.6. The Kier molecular flexibility index (Phi) is 2.75. The molecule has 0 saturated carbocycles. The van der Waals surface area contributed by atoms with Gasteiger partial charge in [-0.15, -0.1) is 0 Å². The monoisotopic (exact) mass is 267 g/mol. The number of benzene rings is 2. The summed E-state index contributed by atoms with van der Waals surface area (Å²) in [5, 5.41) is 12.6. The number of fused-ring (bicyclic) bond motifs is 2. The largest absolute Gasteiger partial charge is 0.378 e. The Bertz CT molecular complexity index is 828. The van der Waals surface area contributed by atoms with Crippen molar-refractivity contribution in [2.45, 2.75) is 0 Å². The molecular weight excluding hydrogens is 254 g/mol. The fourth-order valence-electron chi connectivity index (χ4n) is 2.20. The van der Waals surface area contributed by atoms with Crippen LogP contribution in [0.15, 0.2) is 42.5 Å². The molecule has 3 aromatic rings. The zero-order valence-corrected chi connectivity index (χ0v) is 11.2. The predicted molar refractivity (Wildman–Crippen MR) is 80.2 cm³/mol. The van der Waals surface area contributed by atoms with E-state index in [1.807, 2.05) is 43.3 Å². The first kappa shape index (κ1) is 12.3. The molecule has 0 bridgehead atoms. The Balaban J connectivity index is 2.25. The Morgan fingerprint density at radius 2 is 1.80 bits per heavy atom. The lowest BCUT2D eigenvalue weighted by molar-refractivity contribution is -0.384. The van der Waals surface area contributed by atoms with Crippen LogP contribution in [-0.2, 0) is 0 Å². The molecule has 0 fully saturated rings. The van der Waals surface area contributed by atoms with Crippen molar-refractivity contribution < 1.29 is 4.92 Å². The minimum Gasteiger partial charge on any atom is -0.378 e. The van der Waals surface area contributed by atoms with E-state index in [1.54, 1.807) is 12.1 Å². The number of hydrogen-bond acceptors (Lipinski definition) is 4. The molecule has 100 valence electrons. The van der Waals surface area contributed by atoms with Crippen molar-refractivity contribution >= 4 is 33.2 Å². The number of anilines is 1. The van der Waals surface area contributed by atoms with Gasteiger partial charge in [0, 0.05) is 42.7 Å². The molecule has 1 aromatic heterocycles. The zero-order chi connectivity index (χ0) is 14.3. The van der Waals surface area contributed by atoms with Crippen molar-refractivity contribution in [1.29, 1.82) is 0 Å². The first-order valence-corrected chi connectivity index (χ1v) is 6.21. The quantitative estimate of drug-likeness (QED) is 0.406. The summed E-state index contributed by atoms with van der Waals surface area (Å²) in [6, 6.07) is 12.7. The van der Waals surface area contributed by atoms with E-state index in [4.69, 9.17) is 0 Å². The second kappa shape index (κ2) is 4.45. The minimum absolute atomic E-state index is 0.0866. The molecule has 5 nitrogen and oxygen atoms in total. The van der Waals surface area contributed by atoms with Crippen LogP contribution in [0.4, 0.5) is 11.4 Å². The first-order valence-electron chi connectivity index (χ1n) is 6.21. The first-order chi connectivity index (χ1) is 9.54. The van der Waals surface area contributed by atoms with E-state index < -0.39 is 4.92 Å². The van der Waals surface area contributed by atoms with Gasteiger partial charge in [-0.3, -0.25) is 10.1 Å². The summed E-state index contributed by atoms with van der Waals surface area (Å²) in [5.41, 5.74) is 2.81. The van der Waals surface area contributed by atoms with Crippen LogP contribution in [0.3, 0.4) is 0 Å². The standard InChI is InChI=1S/C15H13N3O2/c1-17(2)12-4-3-10-7-11-8-13(18(19)20)5-6-14(11)16-15(10)9-12/h3-9H,1-2H3. The summed E-state index contributed by atoms with van der Waals surface area (Å²) >= 11 is 0. The molecule has 3 rings (SSSR count). The molecule has 0 spiro atoms. The van der Waals surface area contributed by atoms with E-state index in [-0.39, 0.29) is 5.69 Å². The van der Waals surface area contributed by atoms with Gasteiger partial charge in [0.15, 0.2) is 0 Å². The number of pyridine rings is 1. The van der Waals surface area contributed by atoms with Gasteiger partial charge in [-0.25, -0.2) is 4.98 Å². The summed E-state index contributed by atoms with van der Waals surface area (Å²) < 4.78 is 0. The molecule has 0 N–H and O–H groups in total. The molecule has 0 atom stereocenters. The second-order valence-corrected chi connectivity index (χ2v) is 4.89. The molecule has 0 aliphatic heterocycles. The van der Waals surface area contributed by atoms with Gasteiger partial charge in [0.2, 0.25) is 0 Å². The Morgan fingerprint density at radius 1 is 1.00 bits per heavy atom. The van der Waals surface area contributed by atoms with Crippen LogP contribution in [0, 0.1) is 10.1 Å². The van der Waals surface area contributed by atoms with Gasteiger partial charge in [0.1, 0.15) is 0 Å². The molecule has 0 aliphatic rings. The van der Waals surface area contributed by atoms with Crippen molar-refractivity contribution in [1.82, 2.24) is 4.98 Å². The highest BCUT2D eigenvalue weighted by molar-refractivity contribution is 5.94. The highest BCUT2D eigenvalue weighted by Gasteiger charge is 2.08. The number of non-ortho nitro benzene ring substituents is 1. The third kappa shape index (κ3) is 2.03. The van der Waals surface area contributed by atoms with Gasteiger partial charge in [0.25, 0.3) is 5.69 Å². The van der Waals surface area contributed by atoms with Gasteiger partial charge in [0.05, 0.1) is 16.0 Å². The van der Waals surface area contributed by atoms with E-state index in [9.17, 15) is 10.1 Å². The van der Waals surface area contributed by atoms with Gasteiger partial charge in [-0.05, 0) is 24.3 Å². The maximum atomic E-state index is 10.8. The number of nitro benzene ring substituents is 1. The fraction of sp³-hybridized carbons (Fsp3) is 0.133. The van der Waals surface area contributed by atoms with Crippen molar-refractivity contribution in [3.8, 4) is 0 Å². The van der Waals surface area contributed by atoms with E-state index in [0.29, 0.717) is 0 Å². The third-order valence-electron chi connectivity index (χ3n) is 3.30. The van der Waals surface area contributed by atoms with Gasteiger partial charge < -0.3 is 4.90 Å². The van der Waals surface area contributed by atoms with Crippen LogP contribution in [0.1, 0.15) is 0 Å². The molecule has 0 radical (unpaired) electrons. The number of aromatic nitrogens is 1. The lowest BCUT2D eigenvalue weighted by Gasteiger charge is -2.12. The van der Waals surface area contributed by atoms with Gasteiger partial charge in [-0.2, -0.15) is 0 Å². The highest BCUT2D eigenvalue weighted by Crippen LogP contribution is 2.26. The molecule has 20 heavy (non-hydrogen) atoms. The van der Waals surface area contributed by atoms with Crippen LogP contribution in [0.25, 0.3) is 21.8 Å². The zero-order valence-electron chi connectivity index (χ0n) is 11.2. The summed E-state index contributed by atoms with van der Waals surface area (Å²) in [7, 11) is 3.96. The molecule has 0 aliphatic carbocycles. The molecule has 5 heteroatoms. The lowest BCUT2D eigenvalue weighted by atomic mass is 10.1. The maximum Gasteiger partial charge on any atom is 0.270 e. The Morgan fingerprint density at radius 3 is 2.50 bits per heavy atom. The van der Waals surface area contributed by atoms with Crippen molar-refractivity contribution in [2.75, 3.05) is 19.0 Å². The molecule has 2 aromatic carbocycles. The van der Waals surface area contributed by atoms with Crippen LogP contribution < -0.4 is 4.90 Å². The number of nitrogens with zero attached hydrogens (tertiary/aromatic N) is 3. The average Bonchev–Trinajstić information content (AvgIpc) is 2.43. The number of nitro groups is 1. The van der Waals surface area contributed by atoms with Crippen LogP contribution in [0.2, 0.25) is 0 Å². The van der Waals surface area contributed by atoms with E-state index in [2.05, 4.69) is 4.98 Å². The summed E-state index contributed by atoms with van der Waals surface area (Å²) in [4.78, 5) is 17.0. The minimum atomic E-state index is -0.390. The third-order valence-corrected chi connectivity index (χ3v) is 3.30. The lowest BCUT2D eigenvalue weighted by Crippen LogP contribution is -2.08. The van der Waals surface area contributed by atoms with Crippen LogP contribution in [0.5, 0.6) is 0 Å². The molecule has 0 amide bonds. The predicted octanol–water partition coefficient (Wildman–Crippen LogP) is 3.36. The topological polar surface area (TPSA) is 59.3 Å². The van der Waals surface area contributed by atoms with Crippen molar-refractivity contribution in [3.05, 3.63) is 52.6 Å². The summed E-state index contributed by atoms with van der Waals surface area (Å²) in [6.45, 7) is 0. The van der Waals surface area contributed by atoms with Crippen molar-refractivity contribution in [3.63, 3.8) is 0 Å². The molecule has 1 heterocycles. The SMILES string of the molecule is CN(C)c1ccc2cc3cc([N+](=O)[O-])ccc3nc2c1. The average molecular weight is 267 g/mol. The van der Waals surface area contributed by atoms with Gasteiger partial charge >= 0.3 is 0 Å². The second-order valence-electron chi connectivity index (χ2n) is 4.89. The fourth-order valence-corrected chi connectivity index (χ4v) is 2.20. The van der Waals surface area contributed by atoms with E-state index >= 15 is 0 Å². The van der Waals surface area contributed by atoms with Crippen LogP contribution in [-0.4, -0.2) is 24.0 Å². The normalized spacial score (nSPS) is 10.9. The maximum absolute atomic E-state index is 10.8. The molecular formula is C15H13N3O2. The molecule has 0 saturated heterocycles. The molecule has 0 unspecified atom stereocenters. The Hall–Kier alpha value is -2.69. The summed E-state index contributed by atoms with van der Waals surface area (Å²) in [6.07, 6.45) is 0. The number of hydrogen-bond donors (Lipinski definition) is 0. The summed E-state index contributed by atoms with van der Waals surface area (Å²) in [5.74, 6) is 0. The number of rotatable bonds is 2.